The molecule has 338 valence electrons. The van der Waals surface area contributed by atoms with Crippen molar-refractivity contribution < 1.29 is 71.8 Å². The fourth-order valence-corrected chi connectivity index (χ4v) is 6.27. The molecule has 1 aliphatic heterocycles. The van der Waals surface area contributed by atoms with Gasteiger partial charge in [-0.15, -0.1) is 8.78 Å². The van der Waals surface area contributed by atoms with Gasteiger partial charge in [0.15, 0.2) is 34.5 Å². The van der Waals surface area contributed by atoms with Gasteiger partial charge >= 0.3 is 12.3 Å². The highest BCUT2D eigenvalue weighted by molar-refractivity contribution is 6.11. The van der Waals surface area contributed by atoms with Crippen molar-refractivity contribution in [2.24, 2.45) is 0 Å². The number of fused-ring (bicyclic) bond motifs is 1. The normalized spacial score (nSPS) is 12.7. The molecule has 0 saturated heterocycles. The van der Waals surface area contributed by atoms with E-state index in [0.717, 1.165) is 13.2 Å². The Morgan fingerprint density at radius 1 is 0.712 bits per heavy atom. The molecule has 19 nitrogen and oxygen atoms in total. The number of anilines is 4. The van der Waals surface area contributed by atoms with Crippen molar-refractivity contribution in [1.29, 1.82) is 5.26 Å². The number of nitriles is 1. The molecule has 0 aliphatic carbocycles. The number of methoxy groups -OCH3 is 2. The van der Waals surface area contributed by atoms with Crippen molar-refractivity contribution in [3.63, 3.8) is 0 Å². The fraction of sp³-hybridized carbons (Fsp3) is 0.133. The van der Waals surface area contributed by atoms with Gasteiger partial charge in [-0.05, 0) is 103 Å². The van der Waals surface area contributed by atoms with Crippen molar-refractivity contribution in [2.45, 2.75) is 25.7 Å². The Bertz CT molecular complexity index is 2840. The average molecular weight is 907 g/mol. The maximum Gasteiger partial charge on any atom is 0.586 e. The first-order valence-corrected chi connectivity index (χ1v) is 19.2. The van der Waals surface area contributed by atoms with Crippen LogP contribution in [0.2, 0.25) is 0 Å². The van der Waals surface area contributed by atoms with E-state index in [1.165, 1.54) is 105 Å². The van der Waals surface area contributed by atoms with Gasteiger partial charge in [0, 0.05) is 28.1 Å². The van der Waals surface area contributed by atoms with Crippen LogP contribution in [0.4, 0.5) is 31.5 Å². The van der Waals surface area contributed by atoms with Crippen LogP contribution in [0.5, 0.6) is 34.5 Å². The molecule has 1 unspecified atom stereocenters. The number of carbonyl (C=O) groups is 6. The summed E-state index contributed by atoms with van der Waals surface area (Å²) in [6, 6.07) is 20.4. The second-order valence-electron chi connectivity index (χ2n) is 14.0. The van der Waals surface area contributed by atoms with Crippen molar-refractivity contribution in [3.8, 4) is 40.6 Å². The molecule has 0 fully saturated rings. The Morgan fingerprint density at radius 3 is 1.82 bits per heavy atom. The standard InChI is InChI=1S/C45H36F2N6O13/c1-22(20-23-4-17-33-34(21-23)66-45(46,47)65-33)39(56)49-26-9-5-25(6-10-26)41(58)53-32(18-19-48)43(60)50-27-11-7-24(8-12-27)40(57)51-30-15-13-28(35(54)37(30)63-2)42(59)52-31-16-14-29(44(61)62)36(55)38(31)64-3/h4-17,20-21,32,54-55H,18H2,1-3H3,(H,49,56)(H,50,60)(H,51,57)(H,52,59)(H,53,58)(H,61,62). The molecule has 1 atom stereocenters. The molecule has 6 rings (SSSR count). The van der Waals surface area contributed by atoms with Gasteiger partial charge in [0.25, 0.3) is 23.6 Å². The fourth-order valence-electron chi connectivity index (χ4n) is 6.27. The van der Waals surface area contributed by atoms with E-state index in [2.05, 4.69) is 36.1 Å². The number of nitrogens with one attached hydrogen (secondary N) is 5. The number of halogens is 2. The summed E-state index contributed by atoms with van der Waals surface area (Å²) in [6.45, 7) is 1.50. The van der Waals surface area contributed by atoms with Crippen LogP contribution in [0.3, 0.4) is 0 Å². The number of ether oxygens (including phenoxy) is 4. The number of carboxylic acid groups (broad SMARTS) is 1. The lowest BCUT2D eigenvalue weighted by Gasteiger charge is -2.17. The van der Waals surface area contributed by atoms with Gasteiger partial charge in [-0.3, -0.25) is 24.0 Å². The van der Waals surface area contributed by atoms with Crippen molar-refractivity contribution in [2.75, 3.05) is 35.5 Å². The molecule has 0 radical (unpaired) electrons. The highest BCUT2D eigenvalue weighted by Gasteiger charge is 2.43. The maximum absolute atomic E-state index is 13.4. The number of amides is 5. The molecule has 1 aliphatic rings. The van der Waals surface area contributed by atoms with Crippen LogP contribution >= 0.6 is 0 Å². The monoisotopic (exact) mass is 906 g/mol. The van der Waals surface area contributed by atoms with Gasteiger partial charge in [-0.2, -0.15) is 5.26 Å². The zero-order chi connectivity index (χ0) is 47.9. The Hall–Kier alpha value is -9.19. The third-order valence-corrected chi connectivity index (χ3v) is 9.55. The number of nitrogens with zero attached hydrogens (tertiary/aromatic N) is 1. The molecule has 0 spiro atoms. The highest BCUT2D eigenvalue weighted by atomic mass is 19.3. The Labute approximate surface area is 372 Å². The third kappa shape index (κ3) is 10.5. The van der Waals surface area contributed by atoms with Crippen LogP contribution in [-0.2, 0) is 9.59 Å². The van der Waals surface area contributed by atoms with Crippen LogP contribution in [0, 0.1) is 11.3 Å². The molecule has 5 aromatic rings. The Morgan fingerprint density at radius 2 is 1.24 bits per heavy atom. The minimum absolute atomic E-state index is 0.0364. The molecular weight excluding hydrogens is 871 g/mol. The average Bonchev–Trinajstić information content (AvgIpc) is 3.59. The first-order chi connectivity index (χ1) is 31.4. The lowest BCUT2D eigenvalue weighted by atomic mass is 10.1. The Kier molecular flexibility index (Phi) is 13.7. The van der Waals surface area contributed by atoms with Crippen LogP contribution < -0.4 is 45.5 Å². The minimum Gasteiger partial charge on any atom is -0.504 e. The number of hydrogen-bond acceptors (Lipinski definition) is 13. The van der Waals surface area contributed by atoms with Gasteiger partial charge in [0.1, 0.15) is 11.6 Å². The number of alkyl halides is 2. The van der Waals surface area contributed by atoms with E-state index in [-0.39, 0.29) is 62.3 Å². The quantitative estimate of drug-likeness (QED) is 0.0533. The number of benzene rings is 5. The van der Waals surface area contributed by atoms with Gasteiger partial charge in [-0.1, -0.05) is 6.07 Å². The number of carboxylic acids is 1. The van der Waals surface area contributed by atoms with Crippen LogP contribution in [-0.4, -0.2) is 77.4 Å². The summed E-state index contributed by atoms with van der Waals surface area (Å²) in [7, 11) is 2.33. The molecule has 0 bridgehead atoms. The van der Waals surface area contributed by atoms with Crippen molar-refractivity contribution >= 4 is 64.3 Å². The highest BCUT2D eigenvalue weighted by Crippen LogP contribution is 2.42. The molecule has 0 saturated carbocycles. The molecule has 66 heavy (non-hydrogen) atoms. The third-order valence-electron chi connectivity index (χ3n) is 9.55. The van der Waals surface area contributed by atoms with Gasteiger partial charge in [0.2, 0.25) is 5.91 Å². The summed E-state index contributed by atoms with van der Waals surface area (Å²) in [5.41, 5.74) is 0.373. The van der Waals surface area contributed by atoms with E-state index < -0.39 is 71.3 Å². The van der Waals surface area contributed by atoms with Gasteiger partial charge in [-0.25, -0.2) is 4.79 Å². The van der Waals surface area contributed by atoms with E-state index in [4.69, 9.17) is 9.47 Å². The van der Waals surface area contributed by atoms with Crippen LogP contribution in [0.1, 0.15) is 60.3 Å². The zero-order valence-electron chi connectivity index (χ0n) is 34.6. The number of aromatic hydroxyl groups is 2. The second-order valence-corrected chi connectivity index (χ2v) is 14.0. The summed E-state index contributed by atoms with van der Waals surface area (Å²) in [5.74, 6) is -7.36. The molecule has 1 heterocycles. The predicted molar refractivity (Wildman–Crippen MR) is 230 cm³/mol. The van der Waals surface area contributed by atoms with Gasteiger partial charge in [0.05, 0.1) is 43.6 Å². The zero-order valence-corrected chi connectivity index (χ0v) is 34.6. The molecule has 5 amide bonds. The van der Waals surface area contributed by atoms with Crippen LogP contribution in [0.15, 0.2) is 96.6 Å². The minimum atomic E-state index is -3.78. The van der Waals surface area contributed by atoms with E-state index in [9.17, 15) is 58.1 Å². The second kappa shape index (κ2) is 19.5. The van der Waals surface area contributed by atoms with Gasteiger partial charge < -0.3 is 60.9 Å². The summed E-state index contributed by atoms with van der Waals surface area (Å²) in [4.78, 5) is 76.8. The topological polar surface area (TPSA) is 284 Å². The van der Waals surface area contributed by atoms with E-state index >= 15 is 0 Å². The number of hydrogen-bond donors (Lipinski definition) is 8. The van der Waals surface area contributed by atoms with Crippen LogP contribution in [0.25, 0.3) is 6.08 Å². The van der Waals surface area contributed by atoms with Crippen molar-refractivity contribution in [3.05, 3.63) is 124 Å². The number of phenolic OH excluding ortho intramolecular Hbond substituents is 1. The number of phenols is 2. The first kappa shape index (κ1) is 46.3. The molecule has 5 aromatic carbocycles. The van der Waals surface area contributed by atoms with Crippen molar-refractivity contribution in [1.82, 2.24) is 5.32 Å². The summed E-state index contributed by atoms with van der Waals surface area (Å²) in [6.07, 6.45) is -2.74. The molecule has 0 aromatic heterocycles. The van der Waals surface area contributed by atoms with E-state index in [1.54, 1.807) is 0 Å². The predicted octanol–water partition coefficient (Wildman–Crippen LogP) is 6.33. The summed E-state index contributed by atoms with van der Waals surface area (Å²) < 4.78 is 45.9. The first-order valence-electron chi connectivity index (χ1n) is 19.2. The summed E-state index contributed by atoms with van der Waals surface area (Å²) >= 11 is 0. The molecule has 21 heteroatoms. The van der Waals surface area contributed by atoms with E-state index in [0.29, 0.717) is 11.3 Å². The number of rotatable bonds is 15. The largest absolute Gasteiger partial charge is 0.586 e. The summed E-state index contributed by atoms with van der Waals surface area (Å²) in [5, 5.41) is 52.6. The lowest BCUT2D eigenvalue weighted by molar-refractivity contribution is -0.286. The lowest BCUT2D eigenvalue weighted by Crippen LogP contribution is -2.43. The number of aromatic carboxylic acids is 1. The maximum atomic E-state index is 13.4. The SMILES string of the molecule is COc1c(NC(=O)c2ccc(NC(=O)c3ccc(NC(=O)C(CC#N)NC(=O)c4ccc(NC(=O)C(C)=Cc5ccc6c(c5)OC(F)(F)O6)cc4)cc3)c(OC)c2O)ccc(C(=O)O)c1O. The van der Waals surface area contributed by atoms with E-state index in [1.807, 2.05) is 6.07 Å². The smallest absolute Gasteiger partial charge is 0.504 e. The molecular formula is C45H36F2N6O13. The Balaban J connectivity index is 1.03. The number of carbonyl (C=O) groups excluding carboxylic acids is 5. The molecule has 8 N–H and O–H groups in total.